The van der Waals surface area contributed by atoms with Crippen LogP contribution in [-0.2, 0) is 10.0 Å². The van der Waals surface area contributed by atoms with Crippen molar-refractivity contribution in [3.8, 4) is 0 Å². The molecule has 2 aromatic rings. The Hall–Kier alpha value is -1.89. The molecule has 2 aromatic carbocycles. The minimum atomic E-state index is -3.76. The molecule has 0 aliphatic rings. The van der Waals surface area contributed by atoms with E-state index in [0.717, 1.165) is 18.4 Å². The van der Waals surface area contributed by atoms with Crippen molar-refractivity contribution < 1.29 is 13.2 Å². The average Bonchev–Trinajstić information content (AvgIpc) is 2.62. The summed E-state index contributed by atoms with van der Waals surface area (Å²) in [6.07, 6.45) is 1.60. The fraction of sp³-hybridized carbons (Fsp3) is 0.316. The molecule has 0 saturated carbocycles. The molecule has 0 bridgehead atoms. The summed E-state index contributed by atoms with van der Waals surface area (Å²) in [6, 6.07) is 13.6. The van der Waals surface area contributed by atoms with Gasteiger partial charge in [0.2, 0.25) is 10.0 Å². The minimum Gasteiger partial charge on any atom is -0.346 e. The number of carbonyl (C=O) groups excluding carboxylic acids is 1. The van der Waals surface area contributed by atoms with E-state index in [9.17, 15) is 13.2 Å². The van der Waals surface area contributed by atoms with E-state index in [4.69, 9.17) is 11.6 Å². The molecule has 0 saturated heterocycles. The van der Waals surface area contributed by atoms with E-state index in [2.05, 4.69) is 10.0 Å². The zero-order valence-corrected chi connectivity index (χ0v) is 16.4. The number of hydrogen-bond donors (Lipinski definition) is 2. The van der Waals surface area contributed by atoms with Crippen molar-refractivity contribution in [3.63, 3.8) is 0 Å². The van der Waals surface area contributed by atoms with Crippen LogP contribution in [0.15, 0.2) is 53.4 Å². The van der Waals surface area contributed by atoms with Gasteiger partial charge >= 0.3 is 0 Å². The molecular weight excluding hydrogens is 372 g/mol. The number of benzene rings is 2. The van der Waals surface area contributed by atoms with E-state index < -0.39 is 10.0 Å². The summed E-state index contributed by atoms with van der Waals surface area (Å²) < 4.78 is 27.3. The van der Waals surface area contributed by atoms with Gasteiger partial charge < -0.3 is 5.32 Å². The molecule has 7 heteroatoms. The van der Waals surface area contributed by atoms with Gasteiger partial charge in [0.25, 0.3) is 5.91 Å². The smallest absolute Gasteiger partial charge is 0.251 e. The number of carbonyl (C=O) groups is 1. The van der Waals surface area contributed by atoms with E-state index in [-0.39, 0.29) is 27.4 Å². The van der Waals surface area contributed by atoms with Crippen LogP contribution in [-0.4, -0.2) is 20.9 Å². The Bertz CT molecular complexity index is 854. The lowest BCUT2D eigenvalue weighted by Crippen LogP contribution is -2.28. The molecule has 140 valence electrons. The molecule has 0 unspecified atom stereocenters. The van der Waals surface area contributed by atoms with Gasteiger partial charge in [0.05, 0.1) is 11.1 Å². The molecule has 0 spiro atoms. The summed E-state index contributed by atoms with van der Waals surface area (Å²) >= 11 is 6.05. The maximum Gasteiger partial charge on any atom is 0.251 e. The van der Waals surface area contributed by atoms with Crippen LogP contribution in [0, 0.1) is 0 Å². The van der Waals surface area contributed by atoms with Gasteiger partial charge in [-0.2, -0.15) is 0 Å². The number of rotatable bonds is 8. The van der Waals surface area contributed by atoms with Gasteiger partial charge in [-0.25, -0.2) is 13.1 Å². The second kappa shape index (κ2) is 9.16. The normalized spacial score (nSPS) is 12.6. The Morgan fingerprint density at radius 3 is 2.50 bits per heavy atom. The Kier molecular flexibility index (Phi) is 7.20. The first-order chi connectivity index (χ1) is 12.3. The Labute approximate surface area is 159 Å². The molecule has 0 aliphatic carbocycles. The number of sulfonamides is 1. The SMILES string of the molecule is CCCCNS(=O)(=O)c1cc(C(=O)N[C@@H](C)c2ccccc2)ccc1Cl. The van der Waals surface area contributed by atoms with E-state index in [1.807, 2.05) is 44.2 Å². The predicted octanol–water partition coefficient (Wildman–Crippen LogP) is 3.91. The summed E-state index contributed by atoms with van der Waals surface area (Å²) in [5.41, 5.74) is 1.21. The van der Waals surface area contributed by atoms with Crippen LogP contribution in [0.2, 0.25) is 5.02 Å². The Morgan fingerprint density at radius 1 is 1.15 bits per heavy atom. The lowest BCUT2D eigenvalue weighted by atomic mass is 10.1. The third kappa shape index (κ3) is 5.30. The van der Waals surface area contributed by atoms with E-state index in [0.29, 0.717) is 6.54 Å². The van der Waals surface area contributed by atoms with Gasteiger partial charge in [-0.15, -0.1) is 0 Å². The van der Waals surface area contributed by atoms with E-state index in [1.54, 1.807) is 0 Å². The molecule has 0 radical (unpaired) electrons. The fourth-order valence-electron chi connectivity index (χ4n) is 2.42. The Balaban J connectivity index is 2.19. The Morgan fingerprint density at radius 2 is 1.85 bits per heavy atom. The highest BCUT2D eigenvalue weighted by Gasteiger charge is 2.20. The summed E-state index contributed by atoms with van der Waals surface area (Å²) in [7, 11) is -3.76. The second-order valence-corrected chi connectivity index (χ2v) is 8.14. The molecule has 5 nitrogen and oxygen atoms in total. The fourth-order valence-corrected chi connectivity index (χ4v) is 4.01. The van der Waals surface area contributed by atoms with Gasteiger partial charge in [-0.3, -0.25) is 4.79 Å². The standard InChI is InChI=1S/C19H23ClN2O3S/c1-3-4-12-21-26(24,25)18-13-16(10-11-17(18)20)19(23)22-14(2)15-8-6-5-7-9-15/h5-11,13-14,21H,3-4,12H2,1-2H3,(H,22,23)/t14-/m0/s1. The quantitative estimate of drug-likeness (QED) is 0.666. The third-order valence-corrected chi connectivity index (χ3v) is 5.90. The molecule has 0 heterocycles. The number of amides is 1. The molecule has 26 heavy (non-hydrogen) atoms. The van der Waals surface area contributed by atoms with Gasteiger partial charge in [0, 0.05) is 12.1 Å². The highest BCUT2D eigenvalue weighted by molar-refractivity contribution is 7.89. The van der Waals surface area contributed by atoms with Crippen LogP contribution in [0.25, 0.3) is 0 Å². The zero-order chi connectivity index (χ0) is 19.2. The van der Waals surface area contributed by atoms with Crippen LogP contribution in [0.3, 0.4) is 0 Å². The van der Waals surface area contributed by atoms with Crippen molar-refractivity contribution >= 4 is 27.5 Å². The maximum atomic E-state index is 12.5. The number of nitrogens with one attached hydrogen (secondary N) is 2. The molecule has 2 N–H and O–H groups in total. The molecular formula is C19H23ClN2O3S. The molecule has 0 fully saturated rings. The van der Waals surface area contributed by atoms with E-state index >= 15 is 0 Å². The van der Waals surface area contributed by atoms with Crippen molar-refractivity contribution in [1.82, 2.24) is 10.0 Å². The molecule has 1 atom stereocenters. The number of unbranched alkanes of at least 4 members (excludes halogenated alkanes) is 1. The molecule has 2 rings (SSSR count). The maximum absolute atomic E-state index is 12.5. The lowest BCUT2D eigenvalue weighted by molar-refractivity contribution is 0.0939. The van der Waals surface area contributed by atoms with Gasteiger partial charge in [0.1, 0.15) is 4.90 Å². The zero-order valence-electron chi connectivity index (χ0n) is 14.8. The van der Waals surface area contributed by atoms with Crippen LogP contribution >= 0.6 is 11.6 Å². The lowest BCUT2D eigenvalue weighted by Gasteiger charge is -2.15. The van der Waals surface area contributed by atoms with Crippen molar-refractivity contribution in [3.05, 3.63) is 64.7 Å². The first kappa shape index (κ1) is 20.4. The predicted molar refractivity (Wildman–Crippen MR) is 104 cm³/mol. The first-order valence-electron chi connectivity index (χ1n) is 8.50. The summed E-state index contributed by atoms with van der Waals surface area (Å²) in [6.45, 7) is 4.17. The second-order valence-electron chi connectivity index (χ2n) is 6.00. The highest BCUT2D eigenvalue weighted by Crippen LogP contribution is 2.23. The minimum absolute atomic E-state index is 0.0849. The third-order valence-electron chi connectivity index (χ3n) is 3.95. The van der Waals surface area contributed by atoms with Crippen molar-refractivity contribution in [1.29, 1.82) is 0 Å². The topological polar surface area (TPSA) is 75.3 Å². The summed E-state index contributed by atoms with van der Waals surface area (Å²) in [4.78, 5) is 12.4. The average molecular weight is 395 g/mol. The molecule has 0 aromatic heterocycles. The number of hydrogen-bond acceptors (Lipinski definition) is 3. The van der Waals surface area contributed by atoms with Crippen molar-refractivity contribution in [2.24, 2.45) is 0 Å². The summed E-state index contributed by atoms with van der Waals surface area (Å²) in [5.74, 6) is -0.358. The van der Waals surface area contributed by atoms with Crippen molar-refractivity contribution in [2.45, 2.75) is 37.6 Å². The van der Waals surface area contributed by atoms with Crippen LogP contribution in [0.5, 0.6) is 0 Å². The summed E-state index contributed by atoms with van der Waals surface area (Å²) in [5, 5.41) is 2.95. The first-order valence-corrected chi connectivity index (χ1v) is 10.4. The van der Waals surface area contributed by atoms with Gasteiger partial charge in [-0.1, -0.05) is 55.3 Å². The monoisotopic (exact) mass is 394 g/mol. The van der Waals surface area contributed by atoms with Gasteiger partial charge in [0.15, 0.2) is 0 Å². The number of halogens is 1. The highest BCUT2D eigenvalue weighted by atomic mass is 35.5. The van der Waals surface area contributed by atoms with E-state index in [1.165, 1.54) is 18.2 Å². The molecule has 0 aliphatic heterocycles. The molecule has 1 amide bonds. The van der Waals surface area contributed by atoms with Crippen LogP contribution in [0.1, 0.15) is 48.7 Å². The largest absolute Gasteiger partial charge is 0.346 e. The van der Waals surface area contributed by atoms with Crippen molar-refractivity contribution in [2.75, 3.05) is 6.54 Å². The van der Waals surface area contributed by atoms with Crippen LogP contribution in [0.4, 0.5) is 0 Å². The van der Waals surface area contributed by atoms with Crippen LogP contribution < -0.4 is 10.0 Å². The van der Waals surface area contributed by atoms with Gasteiger partial charge in [-0.05, 0) is 37.1 Å².